The number of hydrogen-bond donors (Lipinski definition) is 1. The molecule has 0 bridgehead atoms. The second kappa shape index (κ2) is 8.10. The van der Waals surface area contributed by atoms with Gasteiger partial charge in [-0.15, -0.1) is 10.2 Å². The van der Waals surface area contributed by atoms with Crippen LogP contribution in [0.1, 0.15) is 16.4 Å². The van der Waals surface area contributed by atoms with Crippen molar-refractivity contribution in [3.63, 3.8) is 0 Å². The first-order valence-corrected chi connectivity index (χ1v) is 9.14. The maximum absolute atomic E-state index is 12.1. The Morgan fingerprint density at radius 3 is 2.46 bits per heavy atom. The van der Waals surface area contributed by atoms with Crippen molar-refractivity contribution in [1.29, 1.82) is 0 Å². The standard InChI is InChI=1S/C20H14BrN3O4/c21-17-11-10-16(27-17)19(25)22-14-6-8-15(9-7-14)26-12-18-23-24-20(28-18)13-4-2-1-3-5-13/h1-11H,12H2,(H,22,25). The maximum atomic E-state index is 12.1. The molecule has 2 aromatic heterocycles. The lowest BCUT2D eigenvalue weighted by Crippen LogP contribution is -2.10. The average Bonchev–Trinajstić information content (AvgIpc) is 3.37. The van der Waals surface area contributed by atoms with Gasteiger partial charge in [-0.25, -0.2) is 0 Å². The van der Waals surface area contributed by atoms with Crippen molar-refractivity contribution in [3.05, 3.63) is 83.1 Å². The largest absolute Gasteiger partial charge is 0.484 e. The number of halogens is 1. The molecule has 2 heterocycles. The Kier molecular flexibility index (Phi) is 5.20. The maximum Gasteiger partial charge on any atom is 0.291 e. The molecule has 0 aliphatic carbocycles. The first kappa shape index (κ1) is 18.0. The molecule has 0 fully saturated rings. The molecule has 7 nitrogen and oxygen atoms in total. The van der Waals surface area contributed by atoms with Gasteiger partial charge < -0.3 is 18.9 Å². The van der Waals surface area contributed by atoms with Crippen molar-refractivity contribution in [2.24, 2.45) is 0 Å². The van der Waals surface area contributed by atoms with Gasteiger partial charge in [0.15, 0.2) is 17.0 Å². The van der Waals surface area contributed by atoms with E-state index in [4.69, 9.17) is 13.6 Å². The zero-order valence-corrected chi connectivity index (χ0v) is 16.0. The Labute approximate surface area is 168 Å². The second-order valence-corrected chi connectivity index (χ2v) is 6.52. The first-order chi connectivity index (χ1) is 13.7. The fourth-order valence-electron chi connectivity index (χ4n) is 2.42. The van der Waals surface area contributed by atoms with Crippen molar-refractivity contribution < 1.29 is 18.4 Å². The van der Waals surface area contributed by atoms with E-state index in [1.807, 2.05) is 30.3 Å². The quantitative estimate of drug-likeness (QED) is 0.458. The molecule has 2 aromatic carbocycles. The SMILES string of the molecule is O=C(Nc1ccc(OCc2nnc(-c3ccccc3)o2)cc1)c1ccc(Br)o1. The van der Waals surface area contributed by atoms with Crippen LogP contribution in [-0.4, -0.2) is 16.1 Å². The molecule has 0 atom stereocenters. The lowest BCUT2D eigenvalue weighted by molar-refractivity contribution is 0.0995. The molecule has 0 radical (unpaired) electrons. The molecule has 8 heteroatoms. The number of benzene rings is 2. The van der Waals surface area contributed by atoms with Gasteiger partial charge in [-0.3, -0.25) is 4.79 Å². The molecule has 28 heavy (non-hydrogen) atoms. The summed E-state index contributed by atoms with van der Waals surface area (Å²) in [5.74, 6) is 1.32. The Morgan fingerprint density at radius 2 is 1.75 bits per heavy atom. The van der Waals surface area contributed by atoms with Crippen LogP contribution in [0, 0.1) is 0 Å². The minimum absolute atomic E-state index is 0.145. The monoisotopic (exact) mass is 439 g/mol. The molecule has 1 N–H and O–H groups in total. The van der Waals surface area contributed by atoms with Crippen molar-refractivity contribution in [3.8, 4) is 17.2 Å². The molecule has 0 spiro atoms. The predicted octanol–water partition coefficient (Wildman–Crippen LogP) is 4.92. The summed E-state index contributed by atoms with van der Waals surface area (Å²) in [6, 6.07) is 19.7. The van der Waals surface area contributed by atoms with Gasteiger partial charge in [0.2, 0.25) is 5.89 Å². The lowest BCUT2D eigenvalue weighted by atomic mass is 10.2. The van der Waals surface area contributed by atoms with Gasteiger partial charge in [0.05, 0.1) is 0 Å². The van der Waals surface area contributed by atoms with Crippen molar-refractivity contribution in [2.45, 2.75) is 6.61 Å². The van der Waals surface area contributed by atoms with E-state index in [9.17, 15) is 4.79 Å². The Bertz CT molecular complexity index is 1070. The van der Waals surface area contributed by atoms with Crippen LogP contribution >= 0.6 is 15.9 Å². The number of ether oxygens (including phenoxy) is 1. The summed E-state index contributed by atoms with van der Waals surface area (Å²) in [6.45, 7) is 0.145. The van der Waals surface area contributed by atoms with E-state index in [0.717, 1.165) is 5.56 Å². The smallest absolute Gasteiger partial charge is 0.291 e. The number of furan rings is 1. The zero-order valence-electron chi connectivity index (χ0n) is 14.5. The van der Waals surface area contributed by atoms with Gasteiger partial charge >= 0.3 is 0 Å². The highest BCUT2D eigenvalue weighted by Gasteiger charge is 2.11. The van der Waals surface area contributed by atoms with Crippen LogP contribution in [0.2, 0.25) is 0 Å². The number of aromatic nitrogens is 2. The van der Waals surface area contributed by atoms with Crippen LogP contribution in [0.5, 0.6) is 5.75 Å². The van der Waals surface area contributed by atoms with Crippen LogP contribution < -0.4 is 10.1 Å². The van der Waals surface area contributed by atoms with E-state index in [0.29, 0.717) is 27.9 Å². The van der Waals surface area contributed by atoms with Crippen LogP contribution in [0.15, 0.2) is 80.2 Å². The average molecular weight is 440 g/mol. The summed E-state index contributed by atoms with van der Waals surface area (Å²) in [6.07, 6.45) is 0. The molecular weight excluding hydrogens is 426 g/mol. The van der Waals surface area contributed by atoms with E-state index in [1.54, 1.807) is 36.4 Å². The highest BCUT2D eigenvalue weighted by molar-refractivity contribution is 9.10. The molecule has 0 unspecified atom stereocenters. The fourth-order valence-corrected chi connectivity index (χ4v) is 2.72. The third-order valence-electron chi connectivity index (χ3n) is 3.76. The predicted molar refractivity (Wildman–Crippen MR) is 105 cm³/mol. The summed E-state index contributed by atoms with van der Waals surface area (Å²) in [5.41, 5.74) is 1.47. The minimum atomic E-state index is -0.335. The molecular formula is C20H14BrN3O4. The van der Waals surface area contributed by atoms with E-state index in [-0.39, 0.29) is 18.3 Å². The Balaban J connectivity index is 1.34. The third kappa shape index (κ3) is 4.29. The summed E-state index contributed by atoms with van der Waals surface area (Å²) >= 11 is 3.17. The van der Waals surface area contributed by atoms with Gasteiger partial charge in [-0.05, 0) is 64.5 Å². The number of nitrogens with one attached hydrogen (secondary N) is 1. The summed E-state index contributed by atoms with van der Waals surface area (Å²) in [5, 5.41) is 10.8. The lowest BCUT2D eigenvalue weighted by Gasteiger charge is -2.06. The molecule has 4 rings (SSSR count). The highest BCUT2D eigenvalue weighted by Crippen LogP contribution is 2.21. The van der Waals surface area contributed by atoms with Gasteiger partial charge in [0.1, 0.15) is 5.75 Å². The van der Waals surface area contributed by atoms with E-state index in [1.165, 1.54) is 0 Å². The summed E-state index contributed by atoms with van der Waals surface area (Å²) in [7, 11) is 0. The first-order valence-electron chi connectivity index (χ1n) is 8.35. The number of hydrogen-bond acceptors (Lipinski definition) is 6. The molecule has 0 aliphatic rings. The number of rotatable bonds is 6. The minimum Gasteiger partial charge on any atom is -0.484 e. The number of nitrogens with zero attached hydrogens (tertiary/aromatic N) is 2. The van der Waals surface area contributed by atoms with Crippen LogP contribution in [-0.2, 0) is 6.61 Å². The molecule has 0 saturated heterocycles. The van der Waals surface area contributed by atoms with E-state index in [2.05, 4.69) is 31.4 Å². The molecule has 0 saturated carbocycles. The van der Waals surface area contributed by atoms with Crippen LogP contribution in [0.25, 0.3) is 11.5 Å². The Morgan fingerprint density at radius 1 is 0.964 bits per heavy atom. The molecule has 4 aromatic rings. The molecule has 0 aliphatic heterocycles. The third-order valence-corrected chi connectivity index (χ3v) is 4.19. The summed E-state index contributed by atoms with van der Waals surface area (Å²) in [4.78, 5) is 12.1. The van der Waals surface area contributed by atoms with Crippen molar-refractivity contribution in [2.75, 3.05) is 5.32 Å². The fraction of sp³-hybridized carbons (Fsp3) is 0.0500. The summed E-state index contributed by atoms with van der Waals surface area (Å²) < 4.78 is 17.0. The van der Waals surface area contributed by atoms with Gasteiger partial charge in [-0.1, -0.05) is 18.2 Å². The molecule has 1 amide bonds. The van der Waals surface area contributed by atoms with Crippen LogP contribution in [0.3, 0.4) is 0 Å². The van der Waals surface area contributed by atoms with Gasteiger partial charge in [0, 0.05) is 11.3 Å². The molecule has 140 valence electrons. The van der Waals surface area contributed by atoms with E-state index < -0.39 is 0 Å². The highest BCUT2D eigenvalue weighted by atomic mass is 79.9. The zero-order chi connectivity index (χ0) is 19.3. The number of carbonyl (C=O) groups is 1. The van der Waals surface area contributed by atoms with Crippen molar-refractivity contribution >= 4 is 27.5 Å². The number of carbonyl (C=O) groups excluding carboxylic acids is 1. The van der Waals surface area contributed by atoms with E-state index >= 15 is 0 Å². The van der Waals surface area contributed by atoms with Gasteiger partial charge in [-0.2, -0.15) is 0 Å². The number of anilines is 1. The van der Waals surface area contributed by atoms with Gasteiger partial charge in [0.25, 0.3) is 11.8 Å². The van der Waals surface area contributed by atoms with Crippen molar-refractivity contribution in [1.82, 2.24) is 10.2 Å². The normalized spacial score (nSPS) is 10.6. The number of amides is 1. The Hall–Kier alpha value is -3.39. The van der Waals surface area contributed by atoms with Crippen LogP contribution in [0.4, 0.5) is 5.69 Å². The topological polar surface area (TPSA) is 90.4 Å². The second-order valence-electron chi connectivity index (χ2n) is 5.74.